The average molecular weight is 740 g/mol. The van der Waals surface area contributed by atoms with Crippen LogP contribution in [0.25, 0.3) is 0 Å². The lowest BCUT2D eigenvalue weighted by Gasteiger charge is -2.24. The highest BCUT2D eigenvalue weighted by Crippen LogP contribution is 2.15. The molecular weight excluding hydrogens is 659 g/mol. The lowest BCUT2D eigenvalue weighted by molar-refractivity contribution is -0.150. The minimum Gasteiger partial charge on any atom is -0.461 e. The highest BCUT2D eigenvalue weighted by Gasteiger charge is 2.23. The van der Waals surface area contributed by atoms with Crippen molar-refractivity contribution < 1.29 is 24.5 Å². The van der Waals surface area contributed by atoms with E-state index in [0.29, 0.717) is 19.3 Å². The maximum atomic E-state index is 13.0. The zero-order chi connectivity index (χ0) is 38.9. The van der Waals surface area contributed by atoms with Crippen LogP contribution in [0.5, 0.6) is 0 Å². The number of carbonyl (C=O) groups excluding carboxylic acids is 2. The van der Waals surface area contributed by atoms with E-state index in [9.17, 15) is 19.8 Å². The SMILES string of the molecule is CC/C=C/C=C/C=C\C=C/C=C/CC(CC(=O)NC(CO)C(O)CCCCCCCCCCC)OC(=O)CCCCC/C=C\CCCCCCCCC. The molecule has 0 heterocycles. The average Bonchev–Trinajstić information content (AvgIpc) is 3.15. The van der Waals surface area contributed by atoms with Gasteiger partial charge in [-0.05, 0) is 44.9 Å². The van der Waals surface area contributed by atoms with Gasteiger partial charge in [-0.25, -0.2) is 0 Å². The number of allylic oxidation sites excluding steroid dienone is 11. The lowest BCUT2D eigenvalue weighted by atomic mass is 10.0. The van der Waals surface area contributed by atoms with Crippen LogP contribution in [-0.2, 0) is 14.3 Å². The first kappa shape index (κ1) is 50.3. The number of ether oxygens (including phenoxy) is 1. The van der Waals surface area contributed by atoms with E-state index in [2.05, 4.69) is 44.3 Å². The molecule has 6 heteroatoms. The van der Waals surface area contributed by atoms with Crippen molar-refractivity contribution in [2.75, 3.05) is 6.61 Å². The van der Waals surface area contributed by atoms with Crippen molar-refractivity contribution in [1.29, 1.82) is 0 Å². The van der Waals surface area contributed by atoms with Crippen LogP contribution in [0, 0.1) is 0 Å². The zero-order valence-electron chi connectivity index (χ0n) is 34.4. The monoisotopic (exact) mass is 740 g/mol. The van der Waals surface area contributed by atoms with Crippen LogP contribution in [0.15, 0.2) is 72.9 Å². The molecule has 0 aromatic heterocycles. The van der Waals surface area contributed by atoms with Gasteiger partial charge in [0.25, 0.3) is 0 Å². The van der Waals surface area contributed by atoms with Crippen molar-refractivity contribution in [3.05, 3.63) is 72.9 Å². The van der Waals surface area contributed by atoms with E-state index in [0.717, 1.165) is 57.8 Å². The minimum absolute atomic E-state index is 0.0272. The molecule has 0 rings (SSSR count). The highest BCUT2D eigenvalue weighted by molar-refractivity contribution is 5.77. The quantitative estimate of drug-likeness (QED) is 0.0255. The summed E-state index contributed by atoms with van der Waals surface area (Å²) >= 11 is 0. The molecule has 304 valence electrons. The van der Waals surface area contributed by atoms with Gasteiger partial charge >= 0.3 is 5.97 Å². The zero-order valence-corrected chi connectivity index (χ0v) is 34.4. The van der Waals surface area contributed by atoms with Crippen molar-refractivity contribution in [2.24, 2.45) is 0 Å². The number of esters is 1. The number of nitrogens with one attached hydrogen (secondary N) is 1. The molecule has 6 nitrogen and oxygen atoms in total. The van der Waals surface area contributed by atoms with Gasteiger partial charge in [-0.2, -0.15) is 0 Å². The summed E-state index contributed by atoms with van der Waals surface area (Å²) in [5.41, 5.74) is 0. The van der Waals surface area contributed by atoms with Gasteiger partial charge in [0.05, 0.1) is 25.2 Å². The van der Waals surface area contributed by atoms with Crippen molar-refractivity contribution in [2.45, 2.75) is 206 Å². The third kappa shape index (κ3) is 36.1. The predicted molar refractivity (Wildman–Crippen MR) is 227 cm³/mol. The lowest BCUT2D eigenvalue weighted by Crippen LogP contribution is -2.46. The van der Waals surface area contributed by atoms with Crippen LogP contribution in [0.4, 0.5) is 0 Å². The van der Waals surface area contributed by atoms with E-state index >= 15 is 0 Å². The van der Waals surface area contributed by atoms with Gasteiger partial charge in [0.15, 0.2) is 0 Å². The molecule has 0 radical (unpaired) electrons. The first-order chi connectivity index (χ1) is 26.0. The van der Waals surface area contributed by atoms with Crippen LogP contribution in [0.2, 0.25) is 0 Å². The maximum Gasteiger partial charge on any atom is 0.306 e. The summed E-state index contributed by atoms with van der Waals surface area (Å²) in [6.45, 7) is 6.24. The Morgan fingerprint density at radius 1 is 0.585 bits per heavy atom. The molecule has 0 aliphatic carbocycles. The summed E-state index contributed by atoms with van der Waals surface area (Å²) in [4.78, 5) is 25.8. The van der Waals surface area contributed by atoms with Gasteiger partial charge in [-0.3, -0.25) is 9.59 Å². The number of hydrogen-bond donors (Lipinski definition) is 3. The molecule has 3 unspecified atom stereocenters. The molecule has 3 N–H and O–H groups in total. The van der Waals surface area contributed by atoms with Crippen LogP contribution in [0.3, 0.4) is 0 Å². The van der Waals surface area contributed by atoms with E-state index in [1.807, 2.05) is 54.7 Å². The number of aliphatic hydroxyl groups excluding tert-OH is 2. The number of amides is 1. The van der Waals surface area contributed by atoms with Crippen LogP contribution >= 0.6 is 0 Å². The predicted octanol–water partition coefficient (Wildman–Crippen LogP) is 12.3. The summed E-state index contributed by atoms with van der Waals surface area (Å²) in [5.74, 6) is -0.635. The Bertz CT molecular complexity index is 1010. The van der Waals surface area contributed by atoms with Crippen molar-refractivity contribution in [1.82, 2.24) is 5.32 Å². The summed E-state index contributed by atoms with van der Waals surface area (Å²) in [5, 5.41) is 23.5. The normalized spacial score (nSPS) is 14.1. The second kappa shape index (κ2) is 40.5. The Kier molecular flexibility index (Phi) is 38.4. The molecule has 0 spiro atoms. The molecule has 0 aliphatic rings. The molecule has 53 heavy (non-hydrogen) atoms. The fraction of sp³-hybridized carbons (Fsp3) is 0.702. The largest absolute Gasteiger partial charge is 0.461 e. The number of carbonyl (C=O) groups is 2. The number of unbranched alkanes of at least 4 members (excludes halogenated alkanes) is 18. The van der Waals surface area contributed by atoms with E-state index in [-0.39, 0.29) is 24.9 Å². The van der Waals surface area contributed by atoms with Crippen molar-refractivity contribution in [3.8, 4) is 0 Å². The third-order valence-electron chi connectivity index (χ3n) is 9.40. The Morgan fingerprint density at radius 2 is 1.06 bits per heavy atom. The van der Waals surface area contributed by atoms with Crippen LogP contribution in [0.1, 0.15) is 188 Å². The topological polar surface area (TPSA) is 95.9 Å². The van der Waals surface area contributed by atoms with Crippen molar-refractivity contribution >= 4 is 11.9 Å². The van der Waals surface area contributed by atoms with E-state index in [4.69, 9.17) is 4.74 Å². The highest BCUT2D eigenvalue weighted by atomic mass is 16.5. The molecule has 0 fully saturated rings. The second-order valence-corrected chi connectivity index (χ2v) is 14.5. The summed E-state index contributed by atoms with van der Waals surface area (Å²) < 4.78 is 5.79. The van der Waals surface area contributed by atoms with Crippen LogP contribution in [-0.4, -0.2) is 46.9 Å². The van der Waals surface area contributed by atoms with Gasteiger partial charge in [0.1, 0.15) is 6.10 Å². The maximum absolute atomic E-state index is 13.0. The summed E-state index contributed by atoms with van der Waals surface area (Å²) in [6.07, 6.45) is 49.9. The van der Waals surface area contributed by atoms with Crippen LogP contribution < -0.4 is 5.32 Å². The van der Waals surface area contributed by atoms with E-state index < -0.39 is 18.2 Å². The molecule has 0 saturated carbocycles. The van der Waals surface area contributed by atoms with Gasteiger partial charge < -0.3 is 20.3 Å². The van der Waals surface area contributed by atoms with E-state index in [1.54, 1.807) is 0 Å². The Balaban J connectivity index is 4.78. The molecule has 0 aromatic rings. The molecule has 0 aromatic carbocycles. The molecule has 3 atom stereocenters. The number of rotatable bonds is 37. The van der Waals surface area contributed by atoms with Gasteiger partial charge in [-0.1, -0.05) is 196 Å². The first-order valence-electron chi connectivity index (χ1n) is 21.7. The molecule has 0 saturated heterocycles. The first-order valence-corrected chi connectivity index (χ1v) is 21.7. The summed E-state index contributed by atoms with van der Waals surface area (Å²) in [6, 6.07) is -0.741. The van der Waals surface area contributed by atoms with E-state index in [1.165, 1.54) is 83.5 Å². The van der Waals surface area contributed by atoms with Gasteiger partial charge in [-0.15, -0.1) is 0 Å². The number of hydrogen-bond acceptors (Lipinski definition) is 5. The van der Waals surface area contributed by atoms with Gasteiger partial charge in [0.2, 0.25) is 5.91 Å². The molecule has 0 bridgehead atoms. The Hall–Kier alpha value is -2.70. The standard InChI is InChI=1S/C47H81NO5/c1-4-7-10-13-16-19-21-22-23-25-28-31-34-37-40-47(52)53-43(38-35-32-29-27-24-20-17-14-11-8-5-2)41-46(51)48-44(42-49)45(50)39-36-33-30-26-18-15-12-9-6-3/h8,11,14,17,20,23-25,27,29,32,35,43-45,49-50H,4-7,9-10,12-13,15-16,18-19,21-22,26,28,30-31,33-34,36-42H2,1-3H3,(H,48,51)/b11-8+,17-14+,24-20-,25-23-,29-27-,35-32+. The number of aliphatic hydroxyl groups is 2. The fourth-order valence-electron chi connectivity index (χ4n) is 6.09. The smallest absolute Gasteiger partial charge is 0.306 e. The molecule has 1 amide bonds. The Morgan fingerprint density at radius 3 is 1.58 bits per heavy atom. The summed E-state index contributed by atoms with van der Waals surface area (Å²) in [7, 11) is 0. The molecular formula is C47H81NO5. The fourth-order valence-corrected chi connectivity index (χ4v) is 6.09. The second-order valence-electron chi connectivity index (χ2n) is 14.5. The Labute approximate surface area is 326 Å². The van der Waals surface area contributed by atoms with Gasteiger partial charge in [0, 0.05) is 12.8 Å². The molecule has 0 aliphatic heterocycles. The third-order valence-corrected chi connectivity index (χ3v) is 9.40. The minimum atomic E-state index is -0.819. The van der Waals surface area contributed by atoms with Crippen molar-refractivity contribution in [3.63, 3.8) is 0 Å².